The van der Waals surface area contributed by atoms with Crippen LogP contribution in [-0.4, -0.2) is 6.61 Å². The summed E-state index contributed by atoms with van der Waals surface area (Å²) < 4.78 is 6.52. The average Bonchev–Trinajstić information content (AvgIpc) is 2.48. The summed E-state index contributed by atoms with van der Waals surface area (Å²) in [5.41, 5.74) is 2.54. The predicted octanol–water partition coefficient (Wildman–Crippen LogP) is 4.70. The molecule has 20 heavy (non-hydrogen) atoms. The number of benzene rings is 2. The Balaban J connectivity index is 1.96. The molecule has 0 aliphatic rings. The fourth-order valence-electron chi connectivity index (χ4n) is 2.06. The van der Waals surface area contributed by atoms with Crippen molar-refractivity contribution in [1.29, 1.82) is 0 Å². The van der Waals surface area contributed by atoms with Crippen molar-refractivity contribution in [3.8, 4) is 5.75 Å². The molecular weight excluding hydrogens is 314 g/mol. The summed E-state index contributed by atoms with van der Waals surface area (Å²) >= 11 is 3.55. The summed E-state index contributed by atoms with van der Waals surface area (Å²) in [5.74, 6) is 0.896. The lowest BCUT2D eigenvalue weighted by molar-refractivity contribution is 0.338. The molecule has 0 saturated heterocycles. The highest BCUT2D eigenvalue weighted by molar-refractivity contribution is 9.10. The first-order valence-corrected chi connectivity index (χ1v) is 7.69. The fraction of sp³-hybridized carbons (Fsp3) is 0.294. The topological polar surface area (TPSA) is 21.3 Å². The maximum Gasteiger partial charge on any atom is 0.133 e. The summed E-state index contributed by atoms with van der Waals surface area (Å²) in [5, 5.41) is 3.53. The predicted molar refractivity (Wildman–Crippen MR) is 87.0 cm³/mol. The van der Waals surface area contributed by atoms with Crippen molar-refractivity contribution >= 4 is 15.9 Å². The Morgan fingerprint density at radius 2 is 1.90 bits per heavy atom. The second kappa shape index (κ2) is 7.46. The van der Waals surface area contributed by atoms with Gasteiger partial charge >= 0.3 is 0 Å². The van der Waals surface area contributed by atoms with Crippen molar-refractivity contribution in [3.63, 3.8) is 0 Å². The highest BCUT2D eigenvalue weighted by Crippen LogP contribution is 2.26. The van der Waals surface area contributed by atoms with Crippen LogP contribution in [0.4, 0.5) is 0 Å². The van der Waals surface area contributed by atoms with E-state index in [2.05, 4.69) is 64.6 Å². The van der Waals surface area contributed by atoms with Crippen LogP contribution < -0.4 is 10.1 Å². The summed E-state index contributed by atoms with van der Waals surface area (Å²) in [4.78, 5) is 0. The van der Waals surface area contributed by atoms with Crippen molar-refractivity contribution in [2.45, 2.75) is 26.4 Å². The van der Waals surface area contributed by atoms with E-state index >= 15 is 0 Å². The minimum absolute atomic E-state index is 0.335. The maximum atomic E-state index is 5.52. The van der Waals surface area contributed by atoms with E-state index < -0.39 is 0 Å². The Kier molecular flexibility index (Phi) is 5.62. The Bertz CT molecular complexity index is 542. The zero-order chi connectivity index (χ0) is 14.4. The second-order valence-electron chi connectivity index (χ2n) is 4.71. The summed E-state index contributed by atoms with van der Waals surface area (Å²) in [6.45, 7) is 5.69. The van der Waals surface area contributed by atoms with E-state index in [4.69, 9.17) is 4.74 Å². The number of hydrogen-bond donors (Lipinski definition) is 1. The third-order valence-electron chi connectivity index (χ3n) is 3.21. The lowest BCUT2D eigenvalue weighted by Gasteiger charge is -2.15. The van der Waals surface area contributed by atoms with Gasteiger partial charge in [-0.25, -0.2) is 0 Å². The molecule has 0 aliphatic carbocycles. The van der Waals surface area contributed by atoms with Gasteiger partial charge in [-0.2, -0.15) is 0 Å². The largest absolute Gasteiger partial charge is 0.493 e. The molecule has 0 spiro atoms. The van der Waals surface area contributed by atoms with Crippen LogP contribution in [0.5, 0.6) is 5.75 Å². The van der Waals surface area contributed by atoms with Gasteiger partial charge in [0, 0.05) is 12.6 Å². The Labute approximate surface area is 129 Å². The second-order valence-corrected chi connectivity index (χ2v) is 5.57. The highest BCUT2D eigenvalue weighted by Gasteiger charge is 2.06. The van der Waals surface area contributed by atoms with Gasteiger partial charge in [-0.3, -0.25) is 0 Å². The van der Waals surface area contributed by atoms with Gasteiger partial charge in [-0.15, -0.1) is 0 Å². The number of ether oxygens (including phenoxy) is 1. The van der Waals surface area contributed by atoms with Crippen molar-refractivity contribution in [2.75, 3.05) is 6.61 Å². The van der Waals surface area contributed by atoms with Crippen LogP contribution in [0.15, 0.2) is 53.0 Å². The van der Waals surface area contributed by atoms with Gasteiger partial charge in [0.05, 0.1) is 11.1 Å². The molecule has 2 aromatic carbocycles. The number of hydrogen-bond acceptors (Lipinski definition) is 2. The van der Waals surface area contributed by atoms with Crippen molar-refractivity contribution < 1.29 is 4.74 Å². The SMILES string of the molecule is CCOc1ccc(CN[C@H](C)c2ccccc2)cc1Br. The first-order chi connectivity index (χ1) is 9.70. The minimum Gasteiger partial charge on any atom is -0.493 e. The minimum atomic E-state index is 0.335. The number of nitrogens with one attached hydrogen (secondary N) is 1. The molecule has 3 heteroatoms. The van der Waals surface area contributed by atoms with E-state index in [0.29, 0.717) is 12.6 Å². The molecule has 0 radical (unpaired) electrons. The van der Waals surface area contributed by atoms with E-state index in [0.717, 1.165) is 16.8 Å². The molecular formula is C17H20BrNO. The molecule has 0 aliphatic heterocycles. The van der Waals surface area contributed by atoms with Crippen molar-refractivity contribution in [3.05, 3.63) is 64.1 Å². The molecule has 0 amide bonds. The van der Waals surface area contributed by atoms with Crippen LogP contribution in [0, 0.1) is 0 Å². The fourth-order valence-corrected chi connectivity index (χ4v) is 2.60. The Morgan fingerprint density at radius 3 is 2.55 bits per heavy atom. The quantitative estimate of drug-likeness (QED) is 0.827. The third-order valence-corrected chi connectivity index (χ3v) is 3.83. The van der Waals surface area contributed by atoms with Crippen molar-refractivity contribution in [2.24, 2.45) is 0 Å². The van der Waals surface area contributed by atoms with Crippen LogP contribution in [0.1, 0.15) is 31.0 Å². The van der Waals surface area contributed by atoms with Gasteiger partial charge in [0.25, 0.3) is 0 Å². The Hall–Kier alpha value is -1.32. The van der Waals surface area contributed by atoms with Gasteiger partial charge < -0.3 is 10.1 Å². The number of rotatable bonds is 6. The molecule has 0 unspecified atom stereocenters. The maximum absolute atomic E-state index is 5.52. The average molecular weight is 334 g/mol. The van der Waals surface area contributed by atoms with E-state index in [1.54, 1.807) is 0 Å². The van der Waals surface area contributed by atoms with E-state index in [9.17, 15) is 0 Å². The number of halogens is 1. The molecule has 1 N–H and O–H groups in total. The molecule has 0 bridgehead atoms. The van der Waals surface area contributed by atoms with Gasteiger partial charge in [0.2, 0.25) is 0 Å². The molecule has 0 saturated carbocycles. The normalized spacial score (nSPS) is 12.2. The van der Waals surface area contributed by atoms with Crippen LogP contribution in [0.2, 0.25) is 0 Å². The standard InChI is InChI=1S/C17H20BrNO/c1-3-20-17-10-9-14(11-16(17)18)12-19-13(2)15-7-5-4-6-8-15/h4-11,13,19H,3,12H2,1-2H3/t13-/m1/s1. The summed E-state index contributed by atoms with van der Waals surface area (Å²) in [7, 11) is 0. The van der Waals surface area contributed by atoms with E-state index in [1.165, 1.54) is 11.1 Å². The molecule has 2 aromatic rings. The smallest absolute Gasteiger partial charge is 0.133 e. The van der Waals surface area contributed by atoms with Crippen LogP contribution >= 0.6 is 15.9 Å². The molecule has 1 atom stereocenters. The monoisotopic (exact) mass is 333 g/mol. The molecule has 0 aromatic heterocycles. The van der Waals surface area contributed by atoms with Gasteiger partial charge in [0.1, 0.15) is 5.75 Å². The Morgan fingerprint density at radius 1 is 1.15 bits per heavy atom. The van der Waals surface area contributed by atoms with Gasteiger partial charge in [-0.05, 0) is 53.0 Å². The summed E-state index contributed by atoms with van der Waals surface area (Å²) in [6, 6.07) is 17.0. The van der Waals surface area contributed by atoms with Gasteiger partial charge in [0.15, 0.2) is 0 Å². The van der Waals surface area contributed by atoms with Crippen LogP contribution in [0.25, 0.3) is 0 Å². The van der Waals surface area contributed by atoms with Crippen LogP contribution in [-0.2, 0) is 6.54 Å². The molecule has 0 heterocycles. The molecule has 2 nitrogen and oxygen atoms in total. The first kappa shape index (κ1) is 15.1. The first-order valence-electron chi connectivity index (χ1n) is 6.90. The van der Waals surface area contributed by atoms with Gasteiger partial charge in [-0.1, -0.05) is 36.4 Å². The molecule has 106 valence electrons. The van der Waals surface area contributed by atoms with E-state index in [1.807, 2.05) is 19.1 Å². The molecule has 0 fully saturated rings. The van der Waals surface area contributed by atoms with Crippen molar-refractivity contribution in [1.82, 2.24) is 5.32 Å². The summed E-state index contributed by atoms with van der Waals surface area (Å²) in [6.07, 6.45) is 0. The zero-order valence-corrected chi connectivity index (χ0v) is 13.5. The van der Waals surface area contributed by atoms with Crippen LogP contribution in [0.3, 0.4) is 0 Å². The third kappa shape index (κ3) is 4.09. The zero-order valence-electron chi connectivity index (χ0n) is 11.9. The lowest BCUT2D eigenvalue weighted by Crippen LogP contribution is -2.17. The lowest BCUT2D eigenvalue weighted by atomic mass is 10.1. The molecule has 2 rings (SSSR count). The highest BCUT2D eigenvalue weighted by atomic mass is 79.9. The van der Waals surface area contributed by atoms with E-state index in [-0.39, 0.29) is 0 Å².